The van der Waals surface area contributed by atoms with Crippen LogP contribution in [0, 0.1) is 11.3 Å². The average molecular weight is 495 g/mol. The van der Waals surface area contributed by atoms with Crippen LogP contribution in [0.15, 0.2) is 48.0 Å². The second-order valence-electron chi connectivity index (χ2n) is 7.66. The van der Waals surface area contributed by atoms with Gasteiger partial charge >= 0.3 is 5.97 Å². The molecule has 190 valence electrons. The first-order valence-electron chi connectivity index (χ1n) is 11.1. The molecule has 2 rings (SSSR count). The van der Waals surface area contributed by atoms with E-state index in [9.17, 15) is 14.9 Å². The number of hydrogen-bond donors (Lipinski definition) is 1. The molecule has 1 amide bonds. The van der Waals surface area contributed by atoms with Gasteiger partial charge in [-0.3, -0.25) is 4.79 Å². The minimum Gasteiger partial charge on any atom is -0.493 e. The van der Waals surface area contributed by atoms with Crippen molar-refractivity contribution in [1.82, 2.24) is 5.32 Å². The van der Waals surface area contributed by atoms with E-state index in [4.69, 9.17) is 23.7 Å². The normalized spacial score (nSPS) is 11.2. The fraction of sp³-hybridized carbons (Fsp3) is 0.296. The molecule has 0 unspecified atom stereocenters. The largest absolute Gasteiger partial charge is 0.493 e. The Morgan fingerprint density at radius 3 is 2.25 bits per heavy atom. The van der Waals surface area contributed by atoms with Crippen molar-refractivity contribution in [1.29, 1.82) is 5.26 Å². The molecule has 0 bridgehead atoms. The van der Waals surface area contributed by atoms with Gasteiger partial charge in [0, 0.05) is 19.7 Å². The number of carbonyl (C=O) groups is 2. The van der Waals surface area contributed by atoms with E-state index in [-0.39, 0.29) is 29.7 Å². The summed E-state index contributed by atoms with van der Waals surface area (Å²) in [6.07, 6.45) is 4.28. The van der Waals surface area contributed by atoms with Gasteiger partial charge in [-0.05, 0) is 61.4 Å². The second kappa shape index (κ2) is 14.2. The lowest BCUT2D eigenvalue weighted by Gasteiger charge is -2.13. The zero-order chi connectivity index (χ0) is 26.5. The Kier molecular flexibility index (Phi) is 11.0. The Hall–Kier alpha value is -4.29. The van der Waals surface area contributed by atoms with Gasteiger partial charge in [-0.15, -0.1) is 0 Å². The minimum atomic E-state index is -0.617. The molecule has 36 heavy (non-hydrogen) atoms. The molecule has 0 aliphatic heterocycles. The first-order chi connectivity index (χ1) is 17.3. The summed E-state index contributed by atoms with van der Waals surface area (Å²) in [5.41, 5.74) is 1.16. The number of benzene rings is 2. The van der Waals surface area contributed by atoms with E-state index in [1.165, 1.54) is 32.4 Å². The van der Waals surface area contributed by atoms with Crippen molar-refractivity contribution in [2.24, 2.45) is 0 Å². The molecule has 9 nitrogen and oxygen atoms in total. The smallest absolute Gasteiger partial charge is 0.336 e. The molecule has 0 heterocycles. The fourth-order valence-electron chi connectivity index (χ4n) is 2.98. The quantitative estimate of drug-likeness (QED) is 0.156. The van der Waals surface area contributed by atoms with Crippen molar-refractivity contribution in [3.63, 3.8) is 0 Å². The van der Waals surface area contributed by atoms with E-state index in [2.05, 4.69) is 5.32 Å². The number of methoxy groups -OCH3 is 3. The number of nitriles is 1. The Bertz CT molecular complexity index is 1160. The van der Waals surface area contributed by atoms with Gasteiger partial charge in [0.25, 0.3) is 5.91 Å². The molecule has 0 fully saturated rings. The lowest BCUT2D eigenvalue weighted by Crippen LogP contribution is -2.27. The molecule has 1 N–H and O–H groups in total. The van der Waals surface area contributed by atoms with E-state index >= 15 is 0 Å². The lowest BCUT2D eigenvalue weighted by atomic mass is 10.1. The van der Waals surface area contributed by atoms with Gasteiger partial charge < -0.3 is 29.0 Å². The van der Waals surface area contributed by atoms with Gasteiger partial charge in [0.2, 0.25) is 0 Å². The maximum absolute atomic E-state index is 12.4. The van der Waals surface area contributed by atoms with E-state index in [0.29, 0.717) is 23.7 Å². The standard InChI is InChI=1S/C27H30N2O7/c1-18(2)35-22-9-6-19(15-24(22)33-4)8-11-26(30)36-23-10-7-20(16-25(23)34-5)14-21(17-28)27(31)29-12-13-32-3/h6-11,14-16,18H,12-13H2,1-5H3,(H,29,31)/b11-8+,21-14+. The summed E-state index contributed by atoms with van der Waals surface area (Å²) in [5.74, 6) is 0.472. The highest BCUT2D eigenvalue weighted by Crippen LogP contribution is 2.31. The van der Waals surface area contributed by atoms with Gasteiger partial charge in [0.1, 0.15) is 11.6 Å². The predicted molar refractivity (Wildman–Crippen MR) is 135 cm³/mol. The van der Waals surface area contributed by atoms with Gasteiger partial charge in [0.05, 0.1) is 26.9 Å². The zero-order valence-corrected chi connectivity index (χ0v) is 21.0. The van der Waals surface area contributed by atoms with E-state index in [0.717, 1.165) is 5.56 Å². The number of nitrogens with zero attached hydrogens (tertiary/aromatic N) is 1. The Labute approximate surface area is 210 Å². The molecule has 2 aromatic carbocycles. The van der Waals surface area contributed by atoms with E-state index in [1.807, 2.05) is 19.9 Å². The summed E-state index contributed by atoms with van der Waals surface area (Å²) in [6, 6.07) is 11.9. The highest BCUT2D eigenvalue weighted by atomic mass is 16.6. The van der Waals surface area contributed by atoms with Crippen LogP contribution >= 0.6 is 0 Å². The van der Waals surface area contributed by atoms with Crippen molar-refractivity contribution < 1.29 is 33.3 Å². The zero-order valence-electron chi connectivity index (χ0n) is 21.0. The van der Waals surface area contributed by atoms with Gasteiger partial charge in [-0.1, -0.05) is 12.1 Å². The molecule has 9 heteroatoms. The topological polar surface area (TPSA) is 116 Å². The minimum absolute atomic E-state index is 0.00308. The van der Waals surface area contributed by atoms with Crippen molar-refractivity contribution in [2.75, 3.05) is 34.5 Å². The number of ether oxygens (including phenoxy) is 5. The van der Waals surface area contributed by atoms with Crippen molar-refractivity contribution >= 4 is 24.0 Å². The summed E-state index contributed by atoms with van der Waals surface area (Å²) in [6.45, 7) is 4.45. The Balaban J connectivity index is 2.13. The maximum Gasteiger partial charge on any atom is 0.336 e. The number of hydrogen-bond acceptors (Lipinski definition) is 8. The number of carbonyl (C=O) groups excluding carboxylic acids is 2. The molecule has 0 aromatic heterocycles. The molecule has 2 aromatic rings. The highest BCUT2D eigenvalue weighted by molar-refractivity contribution is 6.01. The third-order valence-corrected chi connectivity index (χ3v) is 4.63. The van der Waals surface area contributed by atoms with Crippen molar-refractivity contribution in [3.8, 4) is 29.1 Å². The molecule has 0 radical (unpaired) electrons. The molecule has 0 saturated heterocycles. The van der Waals surface area contributed by atoms with E-state index in [1.54, 1.807) is 43.5 Å². The molecule has 0 aliphatic carbocycles. The maximum atomic E-state index is 12.4. The predicted octanol–water partition coefficient (Wildman–Crippen LogP) is 3.78. The first-order valence-corrected chi connectivity index (χ1v) is 11.1. The van der Waals surface area contributed by atoms with Gasteiger partial charge in [-0.25, -0.2) is 4.79 Å². The molecule has 0 spiro atoms. The number of nitrogens with one attached hydrogen (secondary N) is 1. The number of amides is 1. The molecular weight excluding hydrogens is 464 g/mol. The SMILES string of the molecule is COCCNC(=O)/C(C#N)=C/c1ccc(OC(=O)/C=C/c2ccc(OC(C)C)c(OC)c2)c(OC)c1. The average Bonchev–Trinajstić information content (AvgIpc) is 2.87. The van der Waals surface area contributed by atoms with Crippen LogP contribution in [0.1, 0.15) is 25.0 Å². The summed E-state index contributed by atoms with van der Waals surface area (Å²) in [7, 11) is 4.48. The Morgan fingerprint density at radius 1 is 0.972 bits per heavy atom. The van der Waals surface area contributed by atoms with Crippen LogP contribution in [0.5, 0.6) is 23.0 Å². The van der Waals surface area contributed by atoms with Crippen LogP contribution in [0.2, 0.25) is 0 Å². The summed E-state index contributed by atoms with van der Waals surface area (Å²) in [5, 5.41) is 11.9. The van der Waals surface area contributed by atoms with Crippen LogP contribution in [0.25, 0.3) is 12.2 Å². The fourth-order valence-corrected chi connectivity index (χ4v) is 2.98. The van der Waals surface area contributed by atoms with E-state index < -0.39 is 11.9 Å². The molecule has 0 saturated carbocycles. The monoisotopic (exact) mass is 494 g/mol. The van der Waals surface area contributed by atoms with Crippen LogP contribution in [-0.4, -0.2) is 52.5 Å². The molecule has 0 aliphatic rings. The third kappa shape index (κ3) is 8.49. The van der Waals surface area contributed by atoms with Gasteiger partial charge in [0.15, 0.2) is 23.0 Å². The Morgan fingerprint density at radius 2 is 1.61 bits per heavy atom. The second-order valence-corrected chi connectivity index (χ2v) is 7.66. The van der Waals surface area contributed by atoms with Crippen LogP contribution in [0.4, 0.5) is 0 Å². The van der Waals surface area contributed by atoms with Crippen LogP contribution < -0.4 is 24.3 Å². The van der Waals surface area contributed by atoms with Crippen LogP contribution in [0.3, 0.4) is 0 Å². The van der Waals surface area contributed by atoms with Crippen LogP contribution in [-0.2, 0) is 14.3 Å². The highest BCUT2D eigenvalue weighted by Gasteiger charge is 2.12. The number of esters is 1. The molecule has 0 atom stereocenters. The summed E-state index contributed by atoms with van der Waals surface area (Å²) < 4.78 is 26.7. The molecular formula is C27H30N2O7. The lowest BCUT2D eigenvalue weighted by molar-refractivity contribution is -0.129. The van der Waals surface area contributed by atoms with Gasteiger partial charge in [-0.2, -0.15) is 5.26 Å². The van der Waals surface area contributed by atoms with Crippen molar-refractivity contribution in [3.05, 3.63) is 59.2 Å². The first kappa shape index (κ1) is 28.0. The summed E-state index contributed by atoms with van der Waals surface area (Å²) in [4.78, 5) is 24.5. The third-order valence-electron chi connectivity index (χ3n) is 4.63. The summed E-state index contributed by atoms with van der Waals surface area (Å²) >= 11 is 0. The number of rotatable bonds is 12. The van der Waals surface area contributed by atoms with Crippen molar-refractivity contribution in [2.45, 2.75) is 20.0 Å².